The van der Waals surface area contributed by atoms with Crippen molar-refractivity contribution >= 4 is 12.0 Å². The Morgan fingerprint density at radius 2 is 1.59 bits per heavy atom. The summed E-state index contributed by atoms with van der Waals surface area (Å²) < 4.78 is 38.3. The van der Waals surface area contributed by atoms with E-state index in [9.17, 15) is 18.0 Å². The maximum Gasteiger partial charge on any atom is 0.419 e. The van der Waals surface area contributed by atoms with E-state index in [-0.39, 0.29) is 35.5 Å². The number of aromatic nitrogens is 2. The Bertz CT molecular complexity index is 759. The Balaban J connectivity index is 1.54. The molecule has 2 aliphatic heterocycles. The molecule has 7 nitrogen and oxygen atoms in total. The number of hydrogen-bond donors (Lipinski definition) is 1. The lowest BCUT2D eigenvalue weighted by Gasteiger charge is -2.45. The summed E-state index contributed by atoms with van der Waals surface area (Å²) in [7, 11) is 0. The Kier molecular flexibility index (Phi) is 7.21. The Hall–Kier alpha value is -2.10. The number of urea groups is 1. The number of carbonyl (C=O) groups excluding carboxylic acids is 1. The average molecular weight is 457 g/mol. The number of carbonyl (C=O) groups is 1. The highest BCUT2D eigenvalue weighted by atomic mass is 19.4. The van der Waals surface area contributed by atoms with E-state index in [1.54, 1.807) is 0 Å². The molecule has 0 unspecified atom stereocenters. The van der Waals surface area contributed by atoms with E-state index < -0.39 is 11.7 Å². The van der Waals surface area contributed by atoms with Gasteiger partial charge in [-0.1, -0.05) is 20.8 Å². The molecule has 0 aliphatic carbocycles. The van der Waals surface area contributed by atoms with Crippen molar-refractivity contribution in [3.63, 3.8) is 0 Å². The summed E-state index contributed by atoms with van der Waals surface area (Å²) in [6.07, 6.45) is -0.974. The van der Waals surface area contributed by atoms with Crippen molar-refractivity contribution in [2.24, 2.45) is 5.41 Å². The number of anilines is 1. The topological polar surface area (TPSA) is 64.6 Å². The number of alkyl halides is 3. The minimum absolute atomic E-state index is 0.0766. The zero-order chi connectivity index (χ0) is 23.7. The zero-order valence-corrected chi connectivity index (χ0v) is 19.6. The Labute approximate surface area is 188 Å². The van der Waals surface area contributed by atoms with E-state index in [4.69, 9.17) is 0 Å². The highest BCUT2D eigenvalue weighted by Crippen LogP contribution is 2.29. The number of halogens is 3. The summed E-state index contributed by atoms with van der Waals surface area (Å²) in [6.45, 7) is 14.5. The third-order valence-corrected chi connectivity index (χ3v) is 6.01. The van der Waals surface area contributed by atoms with Crippen LogP contribution in [0.4, 0.5) is 23.9 Å². The number of piperidine rings is 1. The average Bonchev–Trinajstić information content (AvgIpc) is 2.67. The maximum absolute atomic E-state index is 13.0. The van der Waals surface area contributed by atoms with E-state index in [2.05, 4.69) is 41.0 Å². The lowest BCUT2D eigenvalue weighted by Crippen LogP contribution is -2.62. The second kappa shape index (κ2) is 9.41. The van der Waals surface area contributed by atoms with Crippen molar-refractivity contribution in [2.45, 2.75) is 71.8 Å². The van der Waals surface area contributed by atoms with Crippen LogP contribution in [0.15, 0.2) is 12.4 Å². The van der Waals surface area contributed by atoms with E-state index in [1.807, 2.05) is 23.6 Å². The molecule has 2 fully saturated rings. The normalized spacial score (nSPS) is 24.0. The first-order valence-corrected chi connectivity index (χ1v) is 11.3. The molecule has 2 amide bonds. The summed E-state index contributed by atoms with van der Waals surface area (Å²) in [6, 6.07) is -0.155. The van der Waals surface area contributed by atoms with Crippen molar-refractivity contribution in [1.82, 2.24) is 25.1 Å². The van der Waals surface area contributed by atoms with Crippen LogP contribution in [0.5, 0.6) is 0 Å². The van der Waals surface area contributed by atoms with Gasteiger partial charge in [-0.25, -0.2) is 14.8 Å². The monoisotopic (exact) mass is 456 g/mol. The number of hydrogen-bond acceptors (Lipinski definition) is 5. The molecule has 0 spiro atoms. The summed E-state index contributed by atoms with van der Waals surface area (Å²) in [4.78, 5) is 27.0. The van der Waals surface area contributed by atoms with E-state index in [0.29, 0.717) is 13.1 Å². The zero-order valence-electron chi connectivity index (χ0n) is 19.6. The SMILES string of the molecule is C[C@@H]1CN(c2ncc(C(F)(F)F)cn2)C[C@H](C)N1C(=O)NC1CCN(CC(C)(C)C)CC1. The molecule has 3 rings (SSSR count). The molecule has 1 aromatic rings. The van der Waals surface area contributed by atoms with Crippen LogP contribution in [-0.4, -0.2) is 76.6 Å². The molecule has 1 N–H and O–H groups in total. The van der Waals surface area contributed by atoms with Gasteiger partial charge in [0.15, 0.2) is 0 Å². The number of piperazine rings is 1. The number of nitrogens with one attached hydrogen (secondary N) is 1. The van der Waals surface area contributed by atoms with Gasteiger partial charge in [0.25, 0.3) is 0 Å². The molecule has 32 heavy (non-hydrogen) atoms. The molecular formula is C22H35F3N6O. The first-order chi connectivity index (χ1) is 14.8. The van der Waals surface area contributed by atoms with Gasteiger partial charge >= 0.3 is 12.2 Å². The van der Waals surface area contributed by atoms with Gasteiger partial charge in [-0.3, -0.25) is 0 Å². The van der Waals surface area contributed by atoms with Gasteiger partial charge < -0.3 is 20.0 Å². The second-order valence-corrected chi connectivity index (χ2v) is 10.3. The van der Waals surface area contributed by atoms with E-state index >= 15 is 0 Å². The van der Waals surface area contributed by atoms with Crippen molar-refractivity contribution in [2.75, 3.05) is 37.6 Å². The van der Waals surface area contributed by atoms with Crippen LogP contribution in [0.1, 0.15) is 53.0 Å². The fraction of sp³-hybridized carbons (Fsp3) is 0.773. The van der Waals surface area contributed by atoms with Crippen LogP contribution in [0, 0.1) is 5.41 Å². The highest BCUT2D eigenvalue weighted by Gasteiger charge is 2.36. The van der Waals surface area contributed by atoms with Crippen LogP contribution in [0.2, 0.25) is 0 Å². The summed E-state index contributed by atoms with van der Waals surface area (Å²) >= 11 is 0. The first-order valence-electron chi connectivity index (χ1n) is 11.3. The van der Waals surface area contributed by atoms with Gasteiger partial charge in [0.2, 0.25) is 5.95 Å². The van der Waals surface area contributed by atoms with E-state index in [0.717, 1.165) is 44.9 Å². The van der Waals surface area contributed by atoms with Gasteiger partial charge in [0.05, 0.1) is 5.56 Å². The van der Waals surface area contributed by atoms with Gasteiger partial charge in [-0.05, 0) is 32.1 Å². The Morgan fingerprint density at radius 3 is 2.06 bits per heavy atom. The smallest absolute Gasteiger partial charge is 0.337 e. The summed E-state index contributed by atoms with van der Waals surface area (Å²) in [5.74, 6) is 0.253. The summed E-state index contributed by atoms with van der Waals surface area (Å²) in [5.41, 5.74) is -0.605. The van der Waals surface area contributed by atoms with Crippen LogP contribution in [-0.2, 0) is 6.18 Å². The highest BCUT2D eigenvalue weighted by molar-refractivity contribution is 5.75. The van der Waals surface area contributed by atoms with Crippen molar-refractivity contribution in [1.29, 1.82) is 0 Å². The third-order valence-electron chi connectivity index (χ3n) is 6.01. The second-order valence-electron chi connectivity index (χ2n) is 10.3. The van der Waals surface area contributed by atoms with Gasteiger partial charge in [0, 0.05) is 63.2 Å². The molecule has 180 valence electrons. The first kappa shape index (κ1) is 24.5. The van der Waals surface area contributed by atoms with Crippen LogP contribution >= 0.6 is 0 Å². The lowest BCUT2D eigenvalue weighted by molar-refractivity contribution is -0.138. The fourth-order valence-electron chi connectivity index (χ4n) is 4.67. The van der Waals surface area contributed by atoms with Crippen LogP contribution in [0.3, 0.4) is 0 Å². The summed E-state index contributed by atoms with van der Waals surface area (Å²) in [5, 5.41) is 3.20. The minimum Gasteiger partial charge on any atom is -0.337 e. The maximum atomic E-state index is 13.0. The standard InChI is InChI=1S/C22H35F3N6O/c1-15-12-30(19-26-10-17(11-27-19)22(23,24)25)13-16(2)31(15)20(32)28-18-6-8-29(9-7-18)14-21(3,4)5/h10-11,15-16,18H,6-9,12-14H2,1-5H3,(H,28,32)/t15-,16+. The van der Waals surface area contributed by atoms with Gasteiger partial charge in [-0.2, -0.15) is 13.2 Å². The molecule has 3 heterocycles. The van der Waals surface area contributed by atoms with Crippen molar-refractivity contribution < 1.29 is 18.0 Å². The molecule has 1 aromatic heterocycles. The molecule has 0 aromatic carbocycles. The Morgan fingerprint density at radius 1 is 1.06 bits per heavy atom. The van der Waals surface area contributed by atoms with E-state index in [1.165, 1.54) is 0 Å². The molecule has 10 heteroatoms. The van der Waals surface area contributed by atoms with Crippen molar-refractivity contribution in [3.05, 3.63) is 18.0 Å². The van der Waals surface area contributed by atoms with Crippen LogP contribution in [0.25, 0.3) is 0 Å². The quantitative estimate of drug-likeness (QED) is 0.753. The van der Waals surface area contributed by atoms with Gasteiger partial charge in [-0.15, -0.1) is 0 Å². The molecular weight excluding hydrogens is 421 g/mol. The van der Waals surface area contributed by atoms with Crippen LogP contribution < -0.4 is 10.2 Å². The molecule has 2 atom stereocenters. The molecule has 2 aliphatic rings. The predicted molar refractivity (Wildman–Crippen MR) is 117 cm³/mol. The number of likely N-dealkylation sites (tertiary alicyclic amines) is 1. The van der Waals surface area contributed by atoms with Gasteiger partial charge in [0.1, 0.15) is 0 Å². The third kappa shape index (κ3) is 6.24. The largest absolute Gasteiger partial charge is 0.419 e. The minimum atomic E-state index is -4.46. The molecule has 0 radical (unpaired) electrons. The fourth-order valence-corrected chi connectivity index (χ4v) is 4.67. The number of nitrogens with zero attached hydrogens (tertiary/aromatic N) is 5. The molecule has 0 bridgehead atoms. The molecule has 2 saturated heterocycles. The molecule has 0 saturated carbocycles. The van der Waals surface area contributed by atoms with Crippen molar-refractivity contribution in [3.8, 4) is 0 Å². The number of rotatable bonds is 3. The predicted octanol–water partition coefficient (Wildman–Crippen LogP) is 3.61. The number of amides is 2. The lowest BCUT2D eigenvalue weighted by atomic mass is 9.94.